The van der Waals surface area contributed by atoms with Crippen molar-refractivity contribution in [3.63, 3.8) is 0 Å². The molecule has 7 heavy (non-hydrogen) atoms. The summed E-state index contributed by atoms with van der Waals surface area (Å²) in [4.78, 5) is 13.4. The van der Waals surface area contributed by atoms with E-state index in [2.05, 4.69) is 16.4 Å². The molecule has 0 heterocycles. The molecule has 4 nitrogen and oxygen atoms in total. The van der Waals surface area contributed by atoms with Gasteiger partial charge in [0.15, 0.2) is 0 Å². The Hall–Kier alpha value is -1.24. The van der Waals surface area contributed by atoms with Crippen LogP contribution in [-0.2, 0) is 9.63 Å². The standard InChI is InChI=1S/C3H3NO3/c1-4-7-2-3(5)6/h1H,2H2/p+1. The topological polar surface area (TPSA) is 50.9 Å². The zero-order chi connectivity index (χ0) is 5.70. The van der Waals surface area contributed by atoms with Gasteiger partial charge >= 0.3 is 12.5 Å². The number of nitrogens with zero attached hydrogens (tertiary/aromatic N) is 1. The van der Waals surface area contributed by atoms with Crippen molar-refractivity contribution in [3.05, 3.63) is 5.01 Å². The molecule has 1 N–H and O–H groups in total. The summed E-state index contributed by atoms with van der Waals surface area (Å²) in [6.45, 7) is 3.94. The number of carboxylic acid groups (broad SMARTS) is 1. The van der Waals surface area contributed by atoms with Gasteiger partial charge in [0.2, 0.25) is 5.01 Å². The molecule has 0 radical (unpaired) electrons. The second-order valence-corrected chi connectivity index (χ2v) is 0.773. The minimum atomic E-state index is -1.09. The van der Waals surface area contributed by atoms with E-state index in [0.29, 0.717) is 0 Å². The first-order valence-corrected chi connectivity index (χ1v) is 1.51. The number of carbonyl (C=O) groups is 1. The Morgan fingerprint density at radius 1 is 2.00 bits per heavy atom. The van der Waals surface area contributed by atoms with Gasteiger partial charge in [-0.25, -0.2) is 4.79 Å². The van der Waals surface area contributed by atoms with Gasteiger partial charge in [-0.15, -0.1) is 0 Å². The summed E-state index contributed by atoms with van der Waals surface area (Å²) in [6.07, 6.45) is 0. The average molecular weight is 102 g/mol. The molecule has 0 saturated carbocycles. The molecule has 0 saturated heterocycles. The van der Waals surface area contributed by atoms with Gasteiger partial charge in [-0.2, -0.15) is 4.84 Å². The molecule has 0 aromatic rings. The van der Waals surface area contributed by atoms with Gasteiger partial charge < -0.3 is 5.11 Å². The third kappa shape index (κ3) is 4.76. The van der Waals surface area contributed by atoms with Crippen molar-refractivity contribution in [3.8, 4) is 6.57 Å². The zero-order valence-corrected chi connectivity index (χ0v) is 3.50. The number of hydrogen-bond acceptors (Lipinski definition) is 2. The van der Waals surface area contributed by atoms with Crippen LogP contribution in [0.4, 0.5) is 0 Å². The third-order valence-electron chi connectivity index (χ3n) is 0.263. The van der Waals surface area contributed by atoms with Crippen molar-refractivity contribution in [1.29, 1.82) is 0 Å². The number of hydrogen-bond donors (Lipinski definition) is 1. The fourth-order valence-corrected chi connectivity index (χ4v) is 0.0925. The quantitative estimate of drug-likeness (QED) is 0.498. The van der Waals surface area contributed by atoms with Crippen LogP contribution in [0.2, 0.25) is 0 Å². The Labute approximate surface area is 40.1 Å². The largest absolute Gasteiger partial charge is 0.478 e. The fraction of sp³-hybridized carbons (Fsp3) is 0.333. The lowest BCUT2D eigenvalue weighted by molar-refractivity contribution is -0.140. The lowest BCUT2D eigenvalue weighted by Crippen LogP contribution is -2.01. The van der Waals surface area contributed by atoms with Gasteiger partial charge in [-0.1, -0.05) is 0 Å². The van der Waals surface area contributed by atoms with E-state index >= 15 is 0 Å². The van der Waals surface area contributed by atoms with Gasteiger partial charge in [-0.3, -0.25) is 0 Å². The summed E-state index contributed by atoms with van der Waals surface area (Å²) < 4.78 is 0. The first kappa shape index (κ1) is 5.76. The van der Waals surface area contributed by atoms with E-state index in [1.54, 1.807) is 0 Å². The van der Waals surface area contributed by atoms with Crippen molar-refractivity contribution in [2.75, 3.05) is 6.61 Å². The van der Waals surface area contributed by atoms with E-state index in [-0.39, 0.29) is 0 Å². The maximum Gasteiger partial charge on any atom is 0.350 e. The molecule has 0 spiro atoms. The van der Waals surface area contributed by atoms with Crippen LogP contribution in [0.25, 0.3) is 5.01 Å². The Morgan fingerprint density at radius 2 is 2.57 bits per heavy atom. The molecule has 0 amide bonds. The van der Waals surface area contributed by atoms with E-state index in [9.17, 15) is 4.79 Å². The number of rotatable bonds is 2. The molecule has 0 fully saturated rings. The molecular weight excluding hydrogens is 98.0 g/mol. The number of aliphatic carboxylic acids is 1. The predicted octanol–water partition coefficient (Wildman–Crippen LogP) is -0.0347. The second kappa shape index (κ2) is 2.97. The highest BCUT2D eigenvalue weighted by atomic mass is 16.6. The molecule has 4 heteroatoms. The Kier molecular flexibility index (Phi) is 2.44. The van der Waals surface area contributed by atoms with Crippen molar-refractivity contribution < 1.29 is 14.7 Å². The average Bonchev–Trinajstić information content (AvgIpc) is 1.61. The molecule has 0 aliphatic heterocycles. The van der Waals surface area contributed by atoms with Crippen LogP contribution < -0.4 is 0 Å². The van der Waals surface area contributed by atoms with Crippen molar-refractivity contribution in [2.45, 2.75) is 0 Å². The van der Waals surface area contributed by atoms with Crippen LogP contribution in [0.15, 0.2) is 0 Å². The van der Waals surface area contributed by atoms with Crippen LogP contribution in [0.1, 0.15) is 0 Å². The molecule has 0 atom stereocenters. The molecule has 38 valence electrons. The summed E-state index contributed by atoms with van der Waals surface area (Å²) >= 11 is 0. The molecule has 0 aromatic heterocycles. The maximum absolute atomic E-state index is 9.52. The van der Waals surface area contributed by atoms with E-state index in [1.165, 1.54) is 0 Å². The summed E-state index contributed by atoms with van der Waals surface area (Å²) in [6, 6.07) is 0. The van der Waals surface area contributed by atoms with E-state index in [1.807, 2.05) is 0 Å². The van der Waals surface area contributed by atoms with Crippen molar-refractivity contribution >= 4 is 5.97 Å². The van der Waals surface area contributed by atoms with Crippen LogP contribution in [0.3, 0.4) is 0 Å². The normalized spacial score (nSPS) is 6.71. The summed E-state index contributed by atoms with van der Waals surface area (Å²) in [7, 11) is 0. The van der Waals surface area contributed by atoms with Gasteiger partial charge in [0, 0.05) is 0 Å². The third-order valence-corrected chi connectivity index (χ3v) is 0.263. The lowest BCUT2D eigenvalue weighted by Gasteiger charge is -1.74. The molecule has 0 rings (SSSR count). The zero-order valence-electron chi connectivity index (χ0n) is 3.50. The van der Waals surface area contributed by atoms with Crippen molar-refractivity contribution in [2.24, 2.45) is 0 Å². The van der Waals surface area contributed by atoms with Gasteiger partial charge in [0.25, 0.3) is 6.61 Å². The second-order valence-electron chi connectivity index (χ2n) is 0.773. The Balaban J connectivity index is 3.02. The Bertz CT molecular complexity index is 103. The molecule has 0 aliphatic rings. The maximum atomic E-state index is 9.52. The van der Waals surface area contributed by atoms with Crippen LogP contribution in [0.5, 0.6) is 0 Å². The van der Waals surface area contributed by atoms with Gasteiger partial charge in [0.1, 0.15) is 0 Å². The van der Waals surface area contributed by atoms with Crippen LogP contribution >= 0.6 is 0 Å². The minimum absolute atomic E-state index is 0.476. The SMILES string of the molecule is C#[N+]OCC(=O)O. The summed E-state index contributed by atoms with van der Waals surface area (Å²) in [5.74, 6) is -1.09. The van der Waals surface area contributed by atoms with Crippen LogP contribution in [0, 0.1) is 6.57 Å². The van der Waals surface area contributed by atoms with E-state index < -0.39 is 12.6 Å². The monoisotopic (exact) mass is 102 g/mol. The van der Waals surface area contributed by atoms with Gasteiger partial charge in [-0.05, 0) is 0 Å². The van der Waals surface area contributed by atoms with E-state index in [4.69, 9.17) is 5.11 Å². The highest BCUT2D eigenvalue weighted by Gasteiger charge is 1.97. The first-order valence-electron chi connectivity index (χ1n) is 1.51. The van der Waals surface area contributed by atoms with E-state index in [0.717, 1.165) is 0 Å². The molecule has 0 bridgehead atoms. The summed E-state index contributed by atoms with van der Waals surface area (Å²) in [5, 5.41) is 10.4. The smallest absolute Gasteiger partial charge is 0.350 e. The first-order chi connectivity index (χ1) is 3.27. The summed E-state index contributed by atoms with van der Waals surface area (Å²) in [5.41, 5.74) is 0. The molecule has 0 aliphatic carbocycles. The predicted molar refractivity (Wildman–Crippen MR) is 21.9 cm³/mol. The van der Waals surface area contributed by atoms with Gasteiger partial charge in [0.05, 0.1) is 0 Å². The minimum Gasteiger partial charge on any atom is -0.478 e. The lowest BCUT2D eigenvalue weighted by atomic mass is 10.8. The number of carboxylic acids is 1. The molecule has 0 aromatic carbocycles. The highest BCUT2D eigenvalue weighted by Crippen LogP contribution is 1.70. The van der Waals surface area contributed by atoms with Crippen molar-refractivity contribution in [1.82, 2.24) is 0 Å². The molecule has 0 unspecified atom stereocenters. The van der Waals surface area contributed by atoms with Crippen LogP contribution in [-0.4, -0.2) is 17.7 Å². The fourth-order valence-electron chi connectivity index (χ4n) is 0.0925. The highest BCUT2D eigenvalue weighted by molar-refractivity contribution is 5.68. The molecular formula is C3H4NO3+. The Morgan fingerprint density at radius 3 is 2.71 bits per heavy atom.